The summed E-state index contributed by atoms with van der Waals surface area (Å²) in [6.45, 7) is 6.23. The van der Waals surface area contributed by atoms with Crippen molar-refractivity contribution in [3.63, 3.8) is 0 Å². The number of hydrogen-bond acceptors (Lipinski definition) is 4. The van der Waals surface area contributed by atoms with Crippen LogP contribution >= 0.6 is 11.3 Å². The molecule has 0 saturated carbocycles. The van der Waals surface area contributed by atoms with Gasteiger partial charge in [-0.15, -0.1) is 11.3 Å². The predicted octanol–water partition coefficient (Wildman–Crippen LogP) is 4.07. The Labute approximate surface area is 136 Å². The van der Waals surface area contributed by atoms with Gasteiger partial charge in [-0.05, 0) is 5.56 Å². The van der Waals surface area contributed by atoms with E-state index >= 15 is 0 Å². The van der Waals surface area contributed by atoms with Crippen LogP contribution in [0.2, 0.25) is 0 Å². The molecule has 1 aromatic heterocycles. The zero-order valence-electron chi connectivity index (χ0n) is 13.1. The molecule has 5 heteroatoms. The number of rotatable bonds is 5. The summed E-state index contributed by atoms with van der Waals surface area (Å²) in [4.78, 5) is 4.45. The maximum Gasteiger partial charge on any atom is 0.159 e. The Bertz CT molecular complexity index is 738. The Morgan fingerprint density at radius 1 is 1.18 bits per heavy atom. The number of aromatic nitrogens is 1. The first-order chi connectivity index (χ1) is 10.3. The normalized spacial score (nSPS) is 12.9. The van der Waals surface area contributed by atoms with Gasteiger partial charge in [0, 0.05) is 10.8 Å². The molecule has 2 rings (SSSR count). The molecule has 1 aromatic carbocycles. The van der Waals surface area contributed by atoms with Gasteiger partial charge in [-0.3, -0.25) is 0 Å². The van der Waals surface area contributed by atoms with Crippen LogP contribution in [0.4, 0.5) is 0 Å². The quantitative estimate of drug-likeness (QED) is 0.827. The van der Waals surface area contributed by atoms with Crippen LogP contribution in [0.15, 0.2) is 41.8 Å². The number of sulfone groups is 1. The lowest BCUT2D eigenvalue weighted by atomic mass is 9.98. The molecule has 0 aliphatic heterocycles. The molecule has 0 radical (unpaired) electrons. The van der Waals surface area contributed by atoms with Gasteiger partial charge in [-0.25, -0.2) is 13.4 Å². The van der Waals surface area contributed by atoms with E-state index in [1.54, 1.807) is 6.08 Å². The van der Waals surface area contributed by atoms with Crippen LogP contribution in [0.5, 0.6) is 0 Å². The highest BCUT2D eigenvalue weighted by Gasteiger charge is 2.20. The molecule has 3 nitrogen and oxygen atoms in total. The van der Waals surface area contributed by atoms with E-state index in [4.69, 9.17) is 0 Å². The lowest BCUT2D eigenvalue weighted by Crippen LogP contribution is -2.12. The molecule has 0 unspecified atom stereocenters. The molecule has 2 aromatic rings. The molecule has 0 amide bonds. The molecule has 22 heavy (non-hydrogen) atoms. The molecule has 118 valence electrons. The summed E-state index contributed by atoms with van der Waals surface area (Å²) in [5.41, 5.74) is 1.60. The van der Waals surface area contributed by atoms with Gasteiger partial charge in [-0.1, -0.05) is 63.3 Å². The second-order valence-corrected chi connectivity index (χ2v) is 9.23. The van der Waals surface area contributed by atoms with Gasteiger partial charge < -0.3 is 0 Å². The molecular weight excluding hydrogens is 314 g/mol. The van der Waals surface area contributed by atoms with E-state index in [-0.39, 0.29) is 16.9 Å². The minimum absolute atomic E-state index is 0.00128. The second kappa shape index (κ2) is 6.75. The fourth-order valence-corrected chi connectivity index (χ4v) is 4.02. The van der Waals surface area contributed by atoms with Crippen molar-refractivity contribution in [2.75, 3.05) is 5.75 Å². The zero-order valence-corrected chi connectivity index (χ0v) is 14.7. The lowest BCUT2D eigenvalue weighted by Gasteiger charge is -2.13. The highest BCUT2D eigenvalue weighted by Crippen LogP contribution is 2.26. The summed E-state index contributed by atoms with van der Waals surface area (Å²) in [5.74, 6) is 0.0307. The van der Waals surface area contributed by atoms with E-state index in [1.165, 1.54) is 11.3 Å². The minimum Gasteiger partial charge on any atom is -0.245 e. The largest absolute Gasteiger partial charge is 0.245 e. The predicted molar refractivity (Wildman–Crippen MR) is 93.8 cm³/mol. The zero-order chi connectivity index (χ0) is 16.2. The maximum absolute atomic E-state index is 12.2. The molecule has 0 N–H and O–H groups in total. The van der Waals surface area contributed by atoms with Gasteiger partial charge in [0.15, 0.2) is 9.84 Å². The van der Waals surface area contributed by atoms with E-state index in [1.807, 2.05) is 41.8 Å². The number of benzene rings is 1. The monoisotopic (exact) mass is 335 g/mol. The van der Waals surface area contributed by atoms with Crippen molar-refractivity contribution < 1.29 is 8.42 Å². The van der Waals surface area contributed by atoms with Crippen molar-refractivity contribution in [2.24, 2.45) is 0 Å². The fourth-order valence-electron chi connectivity index (χ4n) is 1.90. The van der Waals surface area contributed by atoms with Gasteiger partial charge in [0.1, 0.15) is 0 Å². The molecule has 0 spiro atoms. The van der Waals surface area contributed by atoms with Crippen LogP contribution in [0.25, 0.3) is 6.08 Å². The summed E-state index contributed by atoms with van der Waals surface area (Å²) >= 11 is 1.52. The van der Waals surface area contributed by atoms with Crippen LogP contribution < -0.4 is 0 Å². The molecule has 0 fully saturated rings. The first-order valence-corrected chi connectivity index (χ1v) is 9.83. The Balaban J connectivity index is 1.99. The SMILES string of the molecule is CC(C)(C)c1nc(CS(=O)(=O)C/C=C/c2ccccc2)cs1. The first-order valence-electron chi connectivity index (χ1n) is 7.13. The smallest absolute Gasteiger partial charge is 0.159 e. The van der Waals surface area contributed by atoms with Crippen molar-refractivity contribution in [3.05, 3.63) is 58.1 Å². The summed E-state index contributed by atoms with van der Waals surface area (Å²) in [5, 5.41) is 2.82. The fraction of sp³-hybridized carbons (Fsp3) is 0.353. The van der Waals surface area contributed by atoms with E-state index in [9.17, 15) is 8.42 Å². The summed E-state index contributed by atoms with van der Waals surface area (Å²) < 4.78 is 24.3. The van der Waals surface area contributed by atoms with Gasteiger partial charge in [0.25, 0.3) is 0 Å². The van der Waals surface area contributed by atoms with Crippen LogP contribution in [-0.2, 0) is 21.0 Å². The van der Waals surface area contributed by atoms with Crippen LogP contribution in [-0.4, -0.2) is 19.2 Å². The Hall–Kier alpha value is -1.46. The summed E-state index contributed by atoms with van der Waals surface area (Å²) in [6, 6.07) is 9.68. The molecule has 0 aliphatic rings. The Kier molecular flexibility index (Phi) is 5.19. The third-order valence-electron chi connectivity index (χ3n) is 3.02. The highest BCUT2D eigenvalue weighted by atomic mass is 32.2. The van der Waals surface area contributed by atoms with Gasteiger partial charge in [0.2, 0.25) is 0 Å². The van der Waals surface area contributed by atoms with Crippen molar-refractivity contribution in [1.29, 1.82) is 0 Å². The third kappa shape index (κ3) is 5.07. The molecule has 0 saturated heterocycles. The average molecular weight is 335 g/mol. The van der Waals surface area contributed by atoms with Crippen molar-refractivity contribution in [2.45, 2.75) is 31.9 Å². The van der Waals surface area contributed by atoms with Gasteiger partial charge in [0.05, 0.1) is 22.2 Å². The summed E-state index contributed by atoms with van der Waals surface area (Å²) in [6.07, 6.45) is 3.53. The molecule has 0 atom stereocenters. The van der Waals surface area contributed by atoms with Gasteiger partial charge >= 0.3 is 0 Å². The van der Waals surface area contributed by atoms with Crippen molar-refractivity contribution >= 4 is 27.3 Å². The third-order valence-corrected chi connectivity index (χ3v) is 5.77. The molecule has 1 heterocycles. The van der Waals surface area contributed by atoms with Crippen molar-refractivity contribution in [3.8, 4) is 0 Å². The van der Waals surface area contributed by atoms with Crippen LogP contribution in [0, 0.1) is 0 Å². The maximum atomic E-state index is 12.2. The summed E-state index contributed by atoms with van der Waals surface area (Å²) in [7, 11) is -3.18. The molecular formula is C17H21NO2S2. The highest BCUT2D eigenvalue weighted by molar-refractivity contribution is 7.90. The van der Waals surface area contributed by atoms with Crippen molar-refractivity contribution in [1.82, 2.24) is 4.98 Å². The van der Waals surface area contributed by atoms with E-state index in [0.29, 0.717) is 5.69 Å². The van der Waals surface area contributed by atoms with E-state index in [2.05, 4.69) is 25.8 Å². The minimum atomic E-state index is -3.18. The van der Waals surface area contributed by atoms with Crippen LogP contribution in [0.1, 0.15) is 37.0 Å². The van der Waals surface area contributed by atoms with Crippen LogP contribution in [0.3, 0.4) is 0 Å². The van der Waals surface area contributed by atoms with E-state index in [0.717, 1.165) is 10.6 Å². The first kappa shape index (κ1) is 16.9. The standard InChI is InChI=1S/C17H21NO2S2/c1-17(2,3)16-18-15(12-21-16)13-22(19,20)11-7-10-14-8-5-4-6-9-14/h4-10,12H,11,13H2,1-3H3/b10-7+. The molecule has 0 aliphatic carbocycles. The number of nitrogens with zero attached hydrogens (tertiary/aromatic N) is 1. The number of thiazole rings is 1. The lowest BCUT2D eigenvalue weighted by molar-refractivity contribution is 0.581. The molecule has 0 bridgehead atoms. The number of hydrogen-bond donors (Lipinski definition) is 0. The topological polar surface area (TPSA) is 47.0 Å². The Morgan fingerprint density at radius 2 is 1.86 bits per heavy atom. The van der Waals surface area contributed by atoms with E-state index < -0.39 is 9.84 Å². The second-order valence-electron chi connectivity index (χ2n) is 6.26. The average Bonchev–Trinajstić information content (AvgIpc) is 2.87. The Morgan fingerprint density at radius 3 is 2.45 bits per heavy atom. The van der Waals surface area contributed by atoms with Gasteiger partial charge in [-0.2, -0.15) is 0 Å².